The van der Waals surface area contributed by atoms with Crippen molar-refractivity contribution >= 4 is 23.2 Å². The summed E-state index contributed by atoms with van der Waals surface area (Å²) < 4.78 is 45.2. The first-order valence-electron chi connectivity index (χ1n) is 9.18. The number of amides is 1. The molecule has 28 heavy (non-hydrogen) atoms. The Kier molecular flexibility index (Phi) is 5.89. The molecule has 7 heteroatoms. The van der Waals surface area contributed by atoms with Gasteiger partial charge in [-0.05, 0) is 55.7 Å². The van der Waals surface area contributed by atoms with Crippen LogP contribution in [0, 0.1) is 0 Å². The first-order chi connectivity index (χ1) is 13.3. The SMILES string of the molecule is CCOc1ccc(NC(=O)C2(c3ccc(Cl)cc3)CCCC2)cc1C(F)(F)F. The van der Waals surface area contributed by atoms with Gasteiger partial charge >= 0.3 is 6.18 Å². The van der Waals surface area contributed by atoms with Crippen molar-refractivity contribution in [2.45, 2.75) is 44.2 Å². The number of benzene rings is 2. The van der Waals surface area contributed by atoms with Crippen molar-refractivity contribution in [2.24, 2.45) is 0 Å². The third-order valence-corrected chi connectivity index (χ3v) is 5.38. The highest BCUT2D eigenvalue weighted by molar-refractivity contribution is 6.30. The van der Waals surface area contributed by atoms with Crippen molar-refractivity contribution in [3.63, 3.8) is 0 Å². The summed E-state index contributed by atoms with van der Waals surface area (Å²) in [5.74, 6) is -0.550. The molecule has 0 heterocycles. The van der Waals surface area contributed by atoms with E-state index in [0.717, 1.165) is 24.5 Å². The van der Waals surface area contributed by atoms with Crippen molar-refractivity contribution in [3.05, 3.63) is 58.6 Å². The van der Waals surface area contributed by atoms with E-state index in [1.54, 1.807) is 19.1 Å². The summed E-state index contributed by atoms with van der Waals surface area (Å²) in [6.07, 6.45) is -1.53. The zero-order valence-corrected chi connectivity index (χ0v) is 16.2. The van der Waals surface area contributed by atoms with Crippen LogP contribution in [0.4, 0.5) is 18.9 Å². The minimum absolute atomic E-state index is 0.0982. The molecule has 1 aliphatic carbocycles. The molecule has 0 atom stereocenters. The molecule has 1 amide bonds. The number of anilines is 1. The summed E-state index contributed by atoms with van der Waals surface area (Å²) in [5.41, 5.74) is -0.740. The standard InChI is InChI=1S/C21H21ClF3NO2/c1-2-28-18-10-9-16(13-17(18)21(23,24)25)26-19(27)20(11-3-4-12-20)14-5-7-15(22)8-6-14/h5-10,13H,2-4,11-12H2,1H3,(H,26,27). The number of hydrogen-bond acceptors (Lipinski definition) is 2. The summed E-state index contributed by atoms with van der Waals surface area (Å²) in [6.45, 7) is 1.74. The average molecular weight is 412 g/mol. The number of rotatable bonds is 5. The summed E-state index contributed by atoms with van der Waals surface area (Å²) >= 11 is 5.95. The predicted molar refractivity (Wildman–Crippen MR) is 103 cm³/mol. The molecule has 1 N–H and O–H groups in total. The van der Waals surface area contributed by atoms with E-state index in [4.69, 9.17) is 16.3 Å². The van der Waals surface area contributed by atoms with E-state index < -0.39 is 17.2 Å². The predicted octanol–water partition coefficient (Wildman–Crippen LogP) is 6.21. The van der Waals surface area contributed by atoms with E-state index in [1.807, 2.05) is 12.1 Å². The van der Waals surface area contributed by atoms with E-state index >= 15 is 0 Å². The van der Waals surface area contributed by atoms with Crippen LogP contribution in [-0.4, -0.2) is 12.5 Å². The van der Waals surface area contributed by atoms with Gasteiger partial charge in [-0.25, -0.2) is 0 Å². The van der Waals surface area contributed by atoms with Gasteiger partial charge in [0.25, 0.3) is 0 Å². The Morgan fingerprint density at radius 1 is 1.14 bits per heavy atom. The van der Waals surface area contributed by atoms with Gasteiger partial charge in [0.05, 0.1) is 17.6 Å². The zero-order valence-electron chi connectivity index (χ0n) is 15.4. The molecular weight excluding hydrogens is 391 g/mol. The lowest BCUT2D eigenvalue weighted by Crippen LogP contribution is -2.38. The van der Waals surface area contributed by atoms with Gasteiger partial charge < -0.3 is 10.1 Å². The van der Waals surface area contributed by atoms with Crippen molar-refractivity contribution in [1.82, 2.24) is 0 Å². The maximum Gasteiger partial charge on any atom is 0.420 e. The van der Waals surface area contributed by atoms with Crippen molar-refractivity contribution in [3.8, 4) is 5.75 Å². The van der Waals surface area contributed by atoms with Crippen molar-refractivity contribution < 1.29 is 22.7 Å². The fraction of sp³-hybridized carbons (Fsp3) is 0.381. The largest absolute Gasteiger partial charge is 0.493 e. The van der Waals surface area contributed by atoms with Gasteiger partial charge in [0.1, 0.15) is 5.75 Å². The van der Waals surface area contributed by atoms with Crippen LogP contribution in [0.3, 0.4) is 0 Å². The molecule has 0 radical (unpaired) electrons. The minimum atomic E-state index is -4.58. The maximum absolute atomic E-state index is 13.4. The molecule has 3 rings (SSSR count). The Labute approximate surface area is 166 Å². The second kappa shape index (κ2) is 8.03. The minimum Gasteiger partial charge on any atom is -0.493 e. The Morgan fingerprint density at radius 2 is 1.79 bits per heavy atom. The summed E-state index contributed by atoms with van der Waals surface area (Å²) in [6, 6.07) is 10.7. The van der Waals surface area contributed by atoms with Crippen LogP contribution >= 0.6 is 11.6 Å². The maximum atomic E-state index is 13.4. The third-order valence-electron chi connectivity index (χ3n) is 5.13. The molecule has 0 aromatic heterocycles. The highest BCUT2D eigenvalue weighted by atomic mass is 35.5. The molecule has 3 nitrogen and oxygen atoms in total. The second-order valence-corrected chi connectivity index (χ2v) is 7.33. The van der Waals surface area contributed by atoms with Crippen LogP contribution in [0.1, 0.15) is 43.7 Å². The lowest BCUT2D eigenvalue weighted by atomic mass is 9.78. The van der Waals surface area contributed by atoms with E-state index in [2.05, 4.69) is 5.32 Å². The Morgan fingerprint density at radius 3 is 2.36 bits per heavy atom. The molecule has 1 saturated carbocycles. The van der Waals surface area contributed by atoms with Crippen molar-refractivity contribution in [1.29, 1.82) is 0 Å². The average Bonchev–Trinajstić information content (AvgIpc) is 3.14. The number of nitrogens with one attached hydrogen (secondary N) is 1. The first-order valence-corrected chi connectivity index (χ1v) is 9.55. The molecule has 150 valence electrons. The number of halogens is 4. The van der Waals surface area contributed by atoms with E-state index in [9.17, 15) is 18.0 Å². The molecule has 0 aliphatic heterocycles. The van der Waals surface area contributed by atoms with Crippen LogP contribution in [0.2, 0.25) is 5.02 Å². The summed E-state index contributed by atoms with van der Waals surface area (Å²) in [4.78, 5) is 13.1. The van der Waals surface area contributed by atoms with Crippen LogP contribution in [0.15, 0.2) is 42.5 Å². The number of hydrogen-bond donors (Lipinski definition) is 1. The molecule has 0 saturated heterocycles. The van der Waals surface area contributed by atoms with Gasteiger partial charge in [-0.2, -0.15) is 13.2 Å². The monoisotopic (exact) mass is 411 g/mol. The lowest BCUT2D eigenvalue weighted by molar-refractivity contribution is -0.139. The van der Waals surface area contributed by atoms with E-state index in [1.165, 1.54) is 12.1 Å². The topological polar surface area (TPSA) is 38.3 Å². The van der Waals surface area contributed by atoms with Crippen LogP contribution in [-0.2, 0) is 16.4 Å². The van der Waals surface area contributed by atoms with Gasteiger partial charge in [-0.1, -0.05) is 36.6 Å². The summed E-state index contributed by atoms with van der Waals surface area (Å²) in [5, 5.41) is 3.26. The normalized spacial score (nSPS) is 16.0. The molecule has 0 unspecified atom stereocenters. The Balaban J connectivity index is 1.91. The molecular formula is C21H21ClF3NO2. The fourth-order valence-corrected chi connectivity index (χ4v) is 3.88. The molecule has 1 fully saturated rings. The number of ether oxygens (including phenoxy) is 1. The highest BCUT2D eigenvalue weighted by Gasteiger charge is 2.43. The number of carbonyl (C=O) groups is 1. The Hall–Kier alpha value is -2.21. The van der Waals surface area contributed by atoms with Gasteiger partial charge in [0, 0.05) is 10.7 Å². The van der Waals surface area contributed by atoms with Crippen LogP contribution in [0.25, 0.3) is 0 Å². The lowest BCUT2D eigenvalue weighted by Gasteiger charge is -2.28. The smallest absolute Gasteiger partial charge is 0.420 e. The van der Waals surface area contributed by atoms with Gasteiger partial charge in [-0.15, -0.1) is 0 Å². The van der Waals surface area contributed by atoms with Gasteiger partial charge in [0.2, 0.25) is 5.91 Å². The van der Waals surface area contributed by atoms with Crippen LogP contribution < -0.4 is 10.1 Å². The molecule has 1 aliphatic rings. The second-order valence-electron chi connectivity index (χ2n) is 6.89. The molecule has 2 aromatic carbocycles. The molecule has 0 bridgehead atoms. The van der Waals surface area contributed by atoms with Gasteiger partial charge in [-0.3, -0.25) is 4.79 Å². The number of alkyl halides is 3. The van der Waals surface area contributed by atoms with Gasteiger partial charge in [0.15, 0.2) is 0 Å². The zero-order chi connectivity index (χ0) is 20.4. The molecule has 2 aromatic rings. The third kappa shape index (κ3) is 4.12. The summed E-state index contributed by atoms with van der Waals surface area (Å²) in [7, 11) is 0. The van der Waals surface area contributed by atoms with E-state index in [0.29, 0.717) is 17.9 Å². The first kappa shape index (κ1) is 20.5. The number of carbonyl (C=O) groups excluding carboxylic acids is 1. The highest BCUT2D eigenvalue weighted by Crippen LogP contribution is 2.43. The Bertz CT molecular complexity index is 844. The fourth-order valence-electron chi connectivity index (χ4n) is 3.76. The van der Waals surface area contributed by atoms with E-state index in [-0.39, 0.29) is 24.0 Å². The van der Waals surface area contributed by atoms with Crippen LogP contribution in [0.5, 0.6) is 5.75 Å². The quantitative estimate of drug-likeness (QED) is 0.635. The van der Waals surface area contributed by atoms with Crippen molar-refractivity contribution in [2.75, 3.05) is 11.9 Å². The molecule has 0 spiro atoms.